The first-order chi connectivity index (χ1) is 13.7. The number of aryl methyl sites for hydroxylation is 1. The van der Waals surface area contributed by atoms with Crippen molar-refractivity contribution in [2.24, 2.45) is 10.7 Å². The second-order valence-corrected chi connectivity index (χ2v) is 7.11. The highest BCUT2D eigenvalue weighted by atomic mass is 35.5. The summed E-state index contributed by atoms with van der Waals surface area (Å²) >= 11 is 0. The molecule has 0 aliphatic carbocycles. The first-order valence-electron chi connectivity index (χ1n) is 10.4. The van der Waals surface area contributed by atoms with Gasteiger partial charge in [0, 0.05) is 30.8 Å². The number of benzene rings is 1. The summed E-state index contributed by atoms with van der Waals surface area (Å²) in [6.45, 7) is 5.63. The third-order valence-electron chi connectivity index (χ3n) is 4.77. The lowest BCUT2D eigenvalue weighted by Crippen LogP contribution is -2.22. The smallest absolute Gasteiger partial charge is 0.269 e. The Bertz CT molecular complexity index is 641. The van der Waals surface area contributed by atoms with Crippen LogP contribution in [0.5, 0.6) is 0 Å². The van der Waals surface area contributed by atoms with E-state index in [1.807, 2.05) is 0 Å². The number of nitrogens with one attached hydrogen (secondary N) is 3. The molecule has 0 atom stereocenters. The summed E-state index contributed by atoms with van der Waals surface area (Å²) in [5.41, 5.74) is 7.55. The number of hydrogen-bond donors (Lipinski definition) is 4. The molecular formula is C20H35ClN6O2. The largest absolute Gasteiger partial charge is 0.344 e. The first kappa shape index (κ1) is 25.3. The standard InChI is InChI=1S/C20H34N6O2.ClH/c21-10-4-13-22-11-1-2-12-23-14-5-15-24-20-7-3-6-17-16-18(26(27)28)8-9-19(17)25-20;/h8-9,16,22-23H,1-7,10-15,21H2,(H,24,25);1H. The summed E-state index contributed by atoms with van der Waals surface area (Å²) in [7, 11) is 0. The molecule has 1 aliphatic rings. The van der Waals surface area contributed by atoms with Crippen molar-refractivity contribution in [2.45, 2.75) is 44.9 Å². The molecule has 0 fully saturated rings. The molecule has 0 spiro atoms. The predicted octanol–water partition coefficient (Wildman–Crippen LogP) is 2.86. The molecule has 1 aromatic rings. The topological polar surface area (TPSA) is 118 Å². The van der Waals surface area contributed by atoms with Crippen molar-refractivity contribution in [3.63, 3.8) is 0 Å². The zero-order valence-corrected chi connectivity index (χ0v) is 17.9. The average Bonchev–Trinajstić information content (AvgIpc) is 2.90. The molecular weight excluding hydrogens is 392 g/mol. The van der Waals surface area contributed by atoms with E-state index in [1.165, 1.54) is 12.8 Å². The van der Waals surface area contributed by atoms with Gasteiger partial charge >= 0.3 is 0 Å². The molecule has 0 saturated heterocycles. The summed E-state index contributed by atoms with van der Waals surface area (Å²) in [6, 6.07) is 5.01. The van der Waals surface area contributed by atoms with Gasteiger partial charge in [-0.3, -0.25) is 15.1 Å². The average molecular weight is 427 g/mol. The lowest BCUT2D eigenvalue weighted by Gasteiger charge is -2.09. The van der Waals surface area contributed by atoms with Crippen LogP contribution in [0.25, 0.3) is 0 Å². The maximum Gasteiger partial charge on any atom is 0.269 e. The summed E-state index contributed by atoms with van der Waals surface area (Å²) in [6.07, 6.45) is 7.08. The Kier molecular flexibility index (Phi) is 13.2. The minimum absolute atomic E-state index is 0. The Balaban J connectivity index is 0.00000420. The highest BCUT2D eigenvalue weighted by molar-refractivity contribution is 5.96. The number of hydrogen-bond acceptors (Lipinski definition) is 6. The number of unbranched alkanes of at least 4 members (excludes halogenated alkanes) is 1. The van der Waals surface area contributed by atoms with Crippen molar-refractivity contribution >= 4 is 29.6 Å². The van der Waals surface area contributed by atoms with Gasteiger partial charge in [-0.2, -0.15) is 0 Å². The Morgan fingerprint density at radius 3 is 2.45 bits per heavy atom. The van der Waals surface area contributed by atoms with Gasteiger partial charge < -0.3 is 21.7 Å². The number of nitrogens with zero attached hydrogens (tertiary/aromatic N) is 2. The maximum absolute atomic E-state index is 10.9. The van der Waals surface area contributed by atoms with E-state index >= 15 is 0 Å². The van der Waals surface area contributed by atoms with Gasteiger partial charge in [-0.15, -0.1) is 12.4 Å². The number of anilines is 1. The van der Waals surface area contributed by atoms with Gasteiger partial charge in [0.15, 0.2) is 0 Å². The van der Waals surface area contributed by atoms with Gasteiger partial charge in [-0.05, 0) is 82.9 Å². The second kappa shape index (κ2) is 15.1. The molecule has 29 heavy (non-hydrogen) atoms. The van der Waals surface area contributed by atoms with Crippen LogP contribution in [0, 0.1) is 10.1 Å². The van der Waals surface area contributed by atoms with E-state index < -0.39 is 0 Å². The highest BCUT2D eigenvalue weighted by Crippen LogP contribution is 2.26. The summed E-state index contributed by atoms with van der Waals surface area (Å²) < 4.78 is 0. The fourth-order valence-electron chi connectivity index (χ4n) is 3.20. The number of nitro groups is 1. The molecule has 0 bridgehead atoms. The molecule has 9 heteroatoms. The van der Waals surface area contributed by atoms with Crippen LogP contribution in [0.4, 0.5) is 11.4 Å². The highest BCUT2D eigenvalue weighted by Gasteiger charge is 2.15. The SMILES string of the molecule is Cl.NCCCNCCCCNCCCN=C1CCCc2cc([N+](=O)[O-])ccc2N1. The first-order valence-corrected chi connectivity index (χ1v) is 10.4. The minimum atomic E-state index is -0.342. The van der Waals surface area contributed by atoms with Crippen LogP contribution in [0.1, 0.15) is 44.1 Å². The zero-order chi connectivity index (χ0) is 20.0. The van der Waals surface area contributed by atoms with E-state index in [4.69, 9.17) is 5.73 Å². The predicted molar refractivity (Wildman–Crippen MR) is 122 cm³/mol. The molecule has 5 N–H and O–H groups in total. The van der Waals surface area contributed by atoms with Crippen LogP contribution in [-0.4, -0.2) is 50.0 Å². The van der Waals surface area contributed by atoms with Crippen LogP contribution in [0.15, 0.2) is 23.2 Å². The second-order valence-electron chi connectivity index (χ2n) is 7.11. The molecule has 164 valence electrons. The van der Waals surface area contributed by atoms with Gasteiger partial charge in [0.1, 0.15) is 5.84 Å². The number of nitro benzene ring substituents is 1. The number of aliphatic imine (C=N–C) groups is 1. The Labute approximate surface area is 179 Å². The van der Waals surface area contributed by atoms with E-state index in [0.717, 1.165) is 88.5 Å². The monoisotopic (exact) mass is 426 g/mol. The molecule has 0 saturated carbocycles. The van der Waals surface area contributed by atoms with E-state index in [-0.39, 0.29) is 23.0 Å². The van der Waals surface area contributed by atoms with Crippen molar-refractivity contribution < 1.29 is 4.92 Å². The van der Waals surface area contributed by atoms with Crippen LogP contribution in [0.3, 0.4) is 0 Å². The Morgan fingerprint density at radius 1 is 1.07 bits per heavy atom. The molecule has 0 radical (unpaired) electrons. The number of fused-ring (bicyclic) bond motifs is 1. The van der Waals surface area contributed by atoms with E-state index in [1.54, 1.807) is 18.2 Å². The Hall–Kier alpha value is -1.74. The van der Waals surface area contributed by atoms with Crippen LogP contribution in [-0.2, 0) is 6.42 Å². The van der Waals surface area contributed by atoms with Crippen molar-refractivity contribution in [3.05, 3.63) is 33.9 Å². The molecule has 1 aromatic carbocycles. The summed E-state index contributed by atoms with van der Waals surface area (Å²) in [5.74, 6) is 0.983. The van der Waals surface area contributed by atoms with E-state index in [2.05, 4.69) is 20.9 Å². The quantitative estimate of drug-likeness (QED) is 0.219. The van der Waals surface area contributed by atoms with Crippen LogP contribution >= 0.6 is 12.4 Å². The molecule has 2 rings (SSSR count). The number of halogens is 1. The summed E-state index contributed by atoms with van der Waals surface area (Å²) in [4.78, 5) is 15.3. The molecule has 0 aromatic heterocycles. The van der Waals surface area contributed by atoms with Crippen LogP contribution < -0.4 is 21.7 Å². The lowest BCUT2D eigenvalue weighted by molar-refractivity contribution is -0.384. The molecule has 1 aliphatic heterocycles. The number of rotatable bonds is 13. The molecule has 1 heterocycles. The normalized spacial score (nSPS) is 14.6. The fraction of sp³-hybridized carbons (Fsp3) is 0.650. The number of amidine groups is 1. The Morgan fingerprint density at radius 2 is 1.76 bits per heavy atom. The van der Waals surface area contributed by atoms with Crippen molar-refractivity contribution in [1.82, 2.24) is 10.6 Å². The van der Waals surface area contributed by atoms with Crippen molar-refractivity contribution in [2.75, 3.05) is 44.6 Å². The van der Waals surface area contributed by atoms with E-state index in [0.29, 0.717) is 0 Å². The molecule has 0 unspecified atom stereocenters. The van der Waals surface area contributed by atoms with Crippen molar-refractivity contribution in [3.8, 4) is 0 Å². The zero-order valence-electron chi connectivity index (χ0n) is 17.1. The van der Waals surface area contributed by atoms with Crippen LogP contribution in [0.2, 0.25) is 0 Å². The number of non-ortho nitro benzene ring substituents is 1. The molecule has 0 amide bonds. The lowest BCUT2D eigenvalue weighted by atomic mass is 10.1. The minimum Gasteiger partial charge on any atom is -0.344 e. The van der Waals surface area contributed by atoms with Gasteiger partial charge in [0.05, 0.1) is 4.92 Å². The summed E-state index contributed by atoms with van der Waals surface area (Å²) in [5, 5.41) is 21.1. The fourth-order valence-corrected chi connectivity index (χ4v) is 3.20. The van der Waals surface area contributed by atoms with Gasteiger partial charge in [0.25, 0.3) is 5.69 Å². The van der Waals surface area contributed by atoms with Gasteiger partial charge in [-0.1, -0.05) is 0 Å². The van der Waals surface area contributed by atoms with Gasteiger partial charge in [0.2, 0.25) is 0 Å². The van der Waals surface area contributed by atoms with Gasteiger partial charge in [-0.25, -0.2) is 0 Å². The number of nitrogens with two attached hydrogens (primary N) is 1. The maximum atomic E-state index is 10.9. The third-order valence-corrected chi connectivity index (χ3v) is 4.77. The third kappa shape index (κ3) is 10.0. The van der Waals surface area contributed by atoms with E-state index in [9.17, 15) is 10.1 Å². The van der Waals surface area contributed by atoms with Crippen molar-refractivity contribution in [1.29, 1.82) is 0 Å². The molecule has 8 nitrogen and oxygen atoms in total.